The Kier molecular flexibility index (Phi) is 6.42. The van der Waals surface area contributed by atoms with Gasteiger partial charge in [0.2, 0.25) is 12.7 Å². The Bertz CT molecular complexity index is 799. The van der Waals surface area contributed by atoms with Gasteiger partial charge in [0.15, 0.2) is 11.5 Å². The molecule has 0 saturated carbocycles. The summed E-state index contributed by atoms with van der Waals surface area (Å²) in [6.45, 7) is 3.38. The minimum absolute atomic E-state index is 0.0767. The molecule has 7 heteroatoms. The second-order valence-electron chi connectivity index (χ2n) is 6.37. The first-order chi connectivity index (χ1) is 13.0. The molecule has 0 spiro atoms. The summed E-state index contributed by atoms with van der Waals surface area (Å²) >= 11 is 5.93. The number of anilines is 1. The number of hydrogen-bond donors (Lipinski definition) is 1. The van der Waals surface area contributed by atoms with Crippen molar-refractivity contribution < 1.29 is 19.0 Å². The lowest BCUT2D eigenvalue weighted by molar-refractivity contribution is -0.120. The third-order valence-electron chi connectivity index (χ3n) is 4.40. The van der Waals surface area contributed by atoms with Crippen LogP contribution in [0.5, 0.6) is 17.2 Å². The van der Waals surface area contributed by atoms with Crippen LogP contribution >= 0.6 is 11.6 Å². The molecule has 1 unspecified atom stereocenters. The van der Waals surface area contributed by atoms with Crippen LogP contribution < -0.4 is 19.5 Å². The van der Waals surface area contributed by atoms with Crippen molar-refractivity contribution in [3.05, 3.63) is 47.5 Å². The molecular formula is C20H23ClN2O4. The molecule has 0 fully saturated rings. The standard InChI is InChI=1S/C20H23ClN2O4/c1-14(20(24)22-16-7-8-18-19(12-16)27-13-26-18)23(2)9-4-10-25-17-6-3-5-15(21)11-17/h3,5-8,11-12,14H,4,9-10,13H2,1-2H3,(H,22,24). The number of fused-ring (bicyclic) bond motifs is 1. The number of carbonyl (C=O) groups is 1. The van der Waals surface area contributed by atoms with Gasteiger partial charge in [-0.2, -0.15) is 0 Å². The average Bonchev–Trinajstić information content (AvgIpc) is 3.12. The second kappa shape index (κ2) is 8.97. The summed E-state index contributed by atoms with van der Waals surface area (Å²) < 4.78 is 16.3. The average molecular weight is 391 g/mol. The molecule has 1 amide bonds. The van der Waals surface area contributed by atoms with Gasteiger partial charge < -0.3 is 19.5 Å². The Morgan fingerprint density at radius 1 is 1.26 bits per heavy atom. The summed E-state index contributed by atoms with van der Waals surface area (Å²) in [5.41, 5.74) is 0.689. The Morgan fingerprint density at radius 2 is 2.07 bits per heavy atom. The Hall–Kier alpha value is -2.44. The molecule has 1 N–H and O–H groups in total. The first kappa shape index (κ1) is 19.3. The number of benzene rings is 2. The largest absolute Gasteiger partial charge is 0.493 e. The first-order valence-electron chi connectivity index (χ1n) is 8.82. The third kappa shape index (κ3) is 5.28. The molecule has 1 aliphatic rings. The van der Waals surface area contributed by atoms with E-state index in [1.54, 1.807) is 24.3 Å². The van der Waals surface area contributed by atoms with Crippen LogP contribution in [-0.2, 0) is 4.79 Å². The fourth-order valence-corrected chi connectivity index (χ4v) is 2.86. The van der Waals surface area contributed by atoms with Gasteiger partial charge in [0, 0.05) is 23.3 Å². The summed E-state index contributed by atoms with van der Waals surface area (Å²) in [4.78, 5) is 14.5. The van der Waals surface area contributed by atoms with Crippen molar-refractivity contribution in [2.45, 2.75) is 19.4 Å². The monoisotopic (exact) mass is 390 g/mol. The van der Waals surface area contributed by atoms with Crippen LogP contribution in [0.4, 0.5) is 5.69 Å². The lowest BCUT2D eigenvalue weighted by Crippen LogP contribution is -2.40. The van der Waals surface area contributed by atoms with E-state index < -0.39 is 0 Å². The zero-order valence-corrected chi connectivity index (χ0v) is 16.2. The Morgan fingerprint density at radius 3 is 2.89 bits per heavy atom. The summed E-state index contributed by atoms with van der Waals surface area (Å²) in [7, 11) is 1.92. The van der Waals surface area contributed by atoms with Crippen molar-refractivity contribution in [3.8, 4) is 17.2 Å². The summed E-state index contributed by atoms with van der Waals surface area (Å²) in [5, 5.41) is 3.56. The van der Waals surface area contributed by atoms with E-state index in [9.17, 15) is 4.79 Å². The van der Waals surface area contributed by atoms with Gasteiger partial charge >= 0.3 is 0 Å². The van der Waals surface area contributed by atoms with E-state index in [2.05, 4.69) is 5.32 Å². The SMILES string of the molecule is CC(C(=O)Nc1ccc2c(c1)OCO2)N(C)CCCOc1cccc(Cl)c1. The third-order valence-corrected chi connectivity index (χ3v) is 4.64. The Labute approximate surface area is 164 Å². The van der Waals surface area contributed by atoms with Crippen molar-refractivity contribution in [2.75, 3.05) is 32.3 Å². The number of nitrogens with one attached hydrogen (secondary N) is 1. The number of halogens is 1. The van der Waals surface area contributed by atoms with Crippen molar-refractivity contribution in [1.82, 2.24) is 4.90 Å². The van der Waals surface area contributed by atoms with Crippen molar-refractivity contribution in [3.63, 3.8) is 0 Å². The van der Waals surface area contributed by atoms with Crippen LogP contribution in [0.3, 0.4) is 0 Å². The zero-order chi connectivity index (χ0) is 19.2. The maximum atomic E-state index is 12.5. The van der Waals surface area contributed by atoms with E-state index in [0.29, 0.717) is 28.8 Å². The van der Waals surface area contributed by atoms with Gasteiger partial charge in [-0.25, -0.2) is 0 Å². The predicted octanol–water partition coefficient (Wildman–Crippen LogP) is 3.80. The van der Waals surface area contributed by atoms with E-state index in [1.807, 2.05) is 37.1 Å². The molecule has 0 aliphatic carbocycles. The number of hydrogen-bond acceptors (Lipinski definition) is 5. The fraction of sp³-hybridized carbons (Fsp3) is 0.350. The maximum absolute atomic E-state index is 12.5. The van der Waals surface area contributed by atoms with Crippen molar-refractivity contribution in [2.24, 2.45) is 0 Å². The summed E-state index contributed by atoms with van der Waals surface area (Å²) in [5.74, 6) is 2.01. The highest BCUT2D eigenvalue weighted by molar-refractivity contribution is 6.30. The summed E-state index contributed by atoms with van der Waals surface area (Å²) in [6.07, 6.45) is 0.796. The van der Waals surface area contributed by atoms with E-state index in [-0.39, 0.29) is 18.7 Å². The molecule has 0 aromatic heterocycles. The molecule has 3 rings (SSSR count). The molecule has 0 radical (unpaired) electrons. The first-order valence-corrected chi connectivity index (χ1v) is 9.20. The fourth-order valence-electron chi connectivity index (χ4n) is 2.68. The highest BCUT2D eigenvalue weighted by atomic mass is 35.5. The van der Waals surface area contributed by atoms with Gasteiger partial charge in [-0.3, -0.25) is 9.69 Å². The topological polar surface area (TPSA) is 60.0 Å². The lowest BCUT2D eigenvalue weighted by atomic mass is 10.2. The van der Waals surface area contributed by atoms with E-state index in [1.165, 1.54) is 0 Å². The van der Waals surface area contributed by atoms with Gasteiger partial charge in [0.25, 0.3) is 0 Å². The smallest absolute Gasteiger partial charge is 0.241 e. The molecule has 1 heterocycles. The number of ether oxygens (including phenoxy) is 3. The minimum atomic E-state index is -0.276. The molecule has 27 heavy (non-hydrogen) atoms. The normalized spacial score (nSPS) is 13.5. The number of nitrogens with zero attached hydrogens (tertiary/aromatic N) is 1. The molecule has 1 aliphatic heterocycles. The summed E-state index contributed by atoms with van der Waals surface area (Å²) in [6, 6.07) is 12.4. The van der Waals surface area contributed by atoms with E-state index >= 15 is 0 Å². The molecule has 2 aromatic carbocycles. The van der Waals surface area contributed by atoms with Gasteiger partial charge in [-0.15, -0.1) is 0 Å². The van der Waals surface area contributed by atoms with Crippen LogP contribution in [0.15, 0.2) is 42.5 Å². The van der Waals surface area contributed by atoms with Gasteiger partial charge in [0.05, 0.1) is 12.6 Å². The van der Waals surface area contributed by atoms with Crippen molar-refractivity contribution >= 4 is 23.2 Å². The molecule has 2 aromatic rings. The highest BCUT2D eigenvalue weighted by Gasteiger charge is 2.19. The number of likely N-dealkylation sites (N-methyl/N-ethyl adjacent to an activating group) is 1. The number of rotatable bonds is 8. The molecule has 144 valence electrons. The van der Waals surface area contributed by atoms with E-state index in [0.717, 1.165) is 18.7 Å². The molecule has 6 nitrogen and oxygen atoms in total. The maximum Gasteiger partial charge on any atom is 0.241 e. The quantitative estimate of drug-likeness (QED) is 0.695. The van der Waals surface area contributed by atoms with Gasteiger partial charge in [0.1, 0.15) is 5.75 Å². The van der Waals surface area contributed by atoms with Crippen LogP contribution in [0, 0.1) is 0 Å². The van der Waals surface area contributed by atoms with Crippen LogP contribution in [-0.4, -0.2) is 43.8 Å². The van der Waals surface area contributed by atoms with Crippen LogP contribution in [0.2, 0.25) is 5.02 Å². The molecule has 0 saturated heterocycles. The molecule has 1 atom stereocenters. The van der Waals surface area contributed by atoms with Gasteiger partial charge in [-0.05, 0) is 50.7 Å². The molecular weight excluding hydrogens is 368 g/mol. The van der Waals surface area contributed by atoms with E-state index in [4.69, 9.17) is 25.8 Å². The highest BCUT2D eigenvalue weighted by Crippen LogP contribution is 2.34. The predicted molar refractivity (Wildman–Crippen MR) is 105 cm³/mol. The minimum Gasteiger partial charge on any atom is -0.493 e. The molecule has 0 bridgehead atoms. The Balaban J connectivity index is 1.42. The van der Waals surface area contributed by atoms with Gasteiger partial charge in [-0.1, -0.05) is 17.7 Å². The number of amides is 1. The van der Waals surface area contributed by atoms with Crippen LogP contribution in [0.25, 0.3) is 0 Å². The second-order valence-corrected chi connectivity index (χ2v) is 6.81. The number of carbonyl (C=O) groups excluding carboxylic acids is 1. The van der Waals surface area contributed by atoms with Crippen LogP contribution in [0.1, 0.15) is 13.3 Å². The lowest BCUT2D eigenvalue weighted by Gasteiger charge is -2.24. The zero-order valence-electron chi connectivity index (χ0n) is 15.4. The van der Waals surface area contributed by atoms with Crippen molar-refractivity contribution in [1.29, 1.82) is 0 Å².